The fraction of sp³-hybridized carbons (Fsp3) is 0.625. The molecule has 0 atom stereocenters. The van der Waals surface area contributed by atoms with Crippen molar-refractivity contribution >= 4 is 12.1 Å². The molecule has 0 aliphatic rings. The minimum atomic E-state index is -0.464. The van der Waals surface area contributed by atoms with Gasteiger partial charge in [0.2, 0.25) is 0 Å². The van der Waals surface area contributed by atoms with Crippen LogP contribution in [0.15, 0.2) is 29.5 Å². The molecule has 0 radical (unpaired) electrons. The van der Waals surface area contributed by atoms with E-state index in [4.69, 9.17) is 4.74 Å². The molecule has 0 aromatic carbocycles. The lowest BCUT2D eigenvalue weighted by molar-refractivity contribution is 0.0527. The van der Waals surface area contributed by atoms with Crippen molar-refractivity contribution in [3.63, 3.8) is 0 Å². The summed E-state index contributed by atoms with van der Waals surface area (Å²) in [7, 11) is 1.74. The maximum absolute atomic E-state index is 11.5. The SMILES string of the molecule is CN=C(NCCCNC(=O)OC(C)(C)C)NCCn1cccc1. The molecular weight excluding hydrogens is 294 g/mol. The molecule has 1 heterocycles. The van der Waals surface area contributed by atoms with Gasteiger partial charge in [-0.05, 0) is 39.3 Å². The van der Waals surface area contributed by atoms with Gasteiger partial charge < -0.3 is 25.3 Å². The number of carbonyl (C=O) groups excluding carboxylic acids is 1. The Labute approximate surface area is 138 Å². The molecule has 0 aliphatic carbocycles. The van der Waals surface area contributed by atoms with Gasteiger partial charge in [-0.1, -0.05) is 0 Å². The van der Waals surface area contributed by atoms with Gasteiger partial charge in [0.05, 0.1) is 0 Å². The molecule has 23 heavy (non-hydrogen) atoms. The number of carbonyl (C=O) groups is 1. The van der Waals surface area contributed by atoms with Gasteiger partial charge in [0.1, 0.15) is 5.60 Å². The summed E-state index contributed by atoms with van der Waals surface area (Å²) in [5, 5.41) is 9.18. The Balaban J connectivity index is 2.07. The highest BCUT2D eigenvalue weighted by molar-refractivity contribution is 5.79. The quantitative estimate of drug-likeness (QED) is 0.404. The lowest BCUT2D eigenvalue weighted by Crippen LogP contribution is -2.40. The Kier molecular flexibility index (Phi) is 8.01. The third kappa shape index (κ3) is 9.44. The molecule has 0 aliphatic heterocycles. The molecule has 1 amide bonds. The molecule has 0 saturated carbocycles. The van der Waals surface area contributed by atoms with Crippen LogP contribution in [-0.2, 0) is 11.3 Å². The fourth-order valence-electron chi connectivity index (χ4n) is 1.84. The number of amides is 1. The Hall–Kier alpha value is -2.18. The topological polar surface area (TPSA) is 79.7 Å². The summed E-state index contributed by atoms with van der Waals surface area (Å²) in [6.07, 6.45) is 4.46. The van der Waals surface area contributed by atoms with Crippen LogP contribution in [0.5, 0.6) is 0 Å². The van der Waals surface area contributed by atoms with Gasteiger partial charge in [-0.15, -0.1) is 0 Å². The van der Waals surface area contributed by atoms with Gasteiger partial charge in [0.25, 0.3) is 0 Å². The van der Waals surface area contributed by atoms with Crippen molar-refractivity contribution in [3.05, 3.63) is 24.5 Å². The average molecular weight is 323 g/mol. The van der Waals surface area contributed by atoms with Gasteiger partial charge in [-0.3, -0.25) is 4.99 Å². The van der Waals surface area contributed by atoms with Crippen LogP contribution in [0.3, 0.4) is 0 Å². The molecule has 0 bridgehead atoms. The van der Waals surface area contributed by atoms with E-state index < -0.39 is 5.60 Å². The van der Waals surface area contributed by atoms with Crippen molar-refractivity contribution in [3.8, 4) is 0 Å². The minimum absolute atomic E-state index is 0.383. The van der Waals surface area contributed by atoms with Crippen molar-refractivity contribution in [1.82, 2.24) is 20.5 Å². The highest BCUT2D eigenvalue weighted by Crippen LogP contribution is 2.06. The van der Waals surface area contributed by atoms with Crippen LogP contribution in [0.2, 0.25) is 0 Å². The molecule has 7 heteroatoms. The number of aliphatic imine (C=N–C) groups is 1. The predicted molar refractivity (Wildman–Crippen MR) is 92.7 cm³/mol. The van der Waals surface area contributed by atoms with Crippen LogP contribution >= 0.6 is 0 Å². The largest absolute Gasteiger partial charge is 0.444 e. The van der Waals surface area contributed by atoms with Crippen LogP contribution in [-0.4, -0.2) is 48.9 Å². The van der Waals surface area contributed by atoms with Crippen LogP contribution in [0.4, 0.5) is 4.79 Å². The van der Waals surface area contributed by atoms with Crippen molar-refractivity contribution < 1.29 is 9.53 Å². The second-order valence-corrected chi connectivity index (χ2v) is 6.13. The molecule has 1 aromatic heterocycles. The van der Waals surface area contributed by atoms with E-state index in [0.717, 1.165) is 32.0 Å². The lowest BCUT2D eigenvalue weighted by Gasteiger charge is -2.19. The smallest absolute Gasteiger partial charge is 0.407 e. The summed E-state index contributed by atoms with van der Waals surface area (Å²) in [5.41, 5.74) is -0.464. The van der Waals surface area contributed by atoms with Crippen LogP contribution in [0.1, 0.15) is 27.2 Å². The minimum Gasteiger partial charge on any atom is -0.444 e. The number of hydrogen-bond donors (Lipinski definition) is 3. The first-order valence-electron chi connectivity index (χ1n) is 7.93. The Morgan fingerprint density at radius 1 is 1.09 bits per heavy atom. The van der Waals surface area contributed by atoms with E-state index >= 15 is 0 Å². The van der Waals surface area contributed by atoms with Crippen molar-refractivity contribution in [2.24, 2.45) is 4.99 Å². The number of rotatable bonds is 7. The van der Waals surface area contributed by atoms with E-state index in [2.05, 4.69) is 25.5 Å². The third-order valence-electron chi connectivity index (χ3n) is 2.87. The molecule has 7 nitrogen and oxygen atoms in total. The molecule has 0 spiro atoms. The van der Waals surface area contributed by atoms with E-state index in [1.165, 1.54) is 0 Å². The number of nitrogens with one attached hydrogen (secondary N) is 3. The Morgan fingerprint density at radius 2 is 1.70 bits per heavy atom. The third-order valence-corrected chi connectivity index (χ3v) is 2.87. The first kappa shape index (κ1) is 18.9. The number of nitrogens with zero attached hydrogens (tertiary/aromatic N) is 2. The first-order valence-corrected chi connectivity index (χ1v) is 7.93. The van der Waals surface area contributed by atoms with E-state index in [0.29, 0.717) is 6.54 Å². The van der Waals surface area contributed by atoms with Crippen molar-refractivity contribution in [2.45, 2.75) is 39.3 Å². The van der Waals surface area contributed by atoms with Crippen molar-refractivity contribution in [1.29, 1.82) is 0 Å². The standard InChI is InChI=1S/C16H29N5O2/c1-16(2,3)23-15(22)20-9-7-8-18-14(17-4)19-10-13-21-11-5-6-12-21/h5-6,11-12H,7-10,13H2,1-4H3,(H,20,22)(H2,17,18,19). The second kappa shape index (κ2) is 9.76. The molecule has 0 unspecified atom stereocenters. The second-order valence-electron chi connectivity index (χ2n) is 6.13. The fourth-order valence-corrected chi connectivity index (χ4v) is 1.84. The van der Waals surface area contributed by atoms with Crippen molar-refractivity contribution in [2.75, 3.05) is 26.7 Å². The summed E-state index contributed by atoms with van der Waals surface area (Å²) in [4.78, 5) is 15.6. The zero-order chi connectivity index (χ0) is 17.1. The summed E-state index contributed by atoms with van der Waals surface area (Å²) in [5.74, 6) is 0.759. The number of alkyl carbamates (subject to hydrolysis) is 1. The summed E-state index contributed by atoms with van der Waals surface area (Å²) in [6.45, 7) is 8.49. The maximum atomic E-state index is 11.5. The maximum Gasteiger partial charge on any atom is 0.407 e. The van der Waals surface area contributed by atoms with Gasteiger partial charge in [-0.2, -0.15) is 0 Å². The van der Waals surface area contributed by atoms with Crippen LogP contribution < -0.4 is 16.0 Å². The zero-order valence-electron chi connectivity index (χ0n) is 14.6. The average Bonchev–Trinajstić information content (AvgIpc) is 2.96. The predicted octanol–water partition coefficient (Wildman–Crippen LogP) is 1.57. The van der Waals surface area contributed by atoms with E-state index in [-0.39, 0.29) is 6.09 Å². The van der Waals surface area contributed by atoms with Crippen LogP contribution in [0, 0.1) is 0 Å². The highest BCUT2D eigenvalue weighted by Gasteiger charge is 2.15. The molecule has 0 saturated heterocycles. The molecule has 130 valence electrons. The van der Waals surface area contributed by atoms with Gasteiger partial charge >= 0.3 is 6.09 Å². The number of ether oxygens (including phenoxy) is 1. The molecule has 1 rings (SSSR count). The summed E-state index contributed by atoms with van der Waals surface area (Å²) >= 11 is 0. The summed E-state index contributed by atoms with van der Waals surface area (Å²) in [6, 6.07) is 4.01. The number of aromatic nitrogens is 1. The van der Waals surface area contributed by atoms with E-state index in [9.17, 15) is 4.79 Å². The molecular formula is C16H29N5O2. The monoisotopic (exact) mass is 323 g/mol. The van der Waals surface area contributed by atoms with Gasteiger partial charge in [0, 0.05) is 45.6 Å². The Bertz CT molecular complexity index is 477. The Morgan fingerprint density at radius 3 is 2.30 bits per heavy atom. The first-order chi connectivity index (χ1) is 10.9. The van der Waals surface area contributed by atoms with E-state index in [1.807, 2.05) is 45.3 Å². The van der Waals surface area contributed by atoms with Gasteiger partial charge in [0.15, 0.2) is 5.96 Å². The number of hydrogen-bond acceptors (Lipinski definition) is 3. The zero-order valence-corrected chi connectivity index (χ0v) is 14.6. The lowest BCUT2D eigenvalue weighted by atomic mass is 10.2. The summed E-state index contributed by atoms with van der Waals surface area (Å²) < 4.78 is 7.27. The normalized spacial score (nSPS) is 11.9. The number of guanidine groups is 1. The van der Waals surface area contributed by atoms with Gasteiger partial charge in [-0.25, -0.2) is 4.79 Å². The highest BCUT2D eigenvalue weighted by atomic mass is 16.6. The molecule has 1 aromatic rings. The molecule has 0 fully saturated rings. The van der Waals surface area contributed by atoms with Crippen LogP contribution in [0.25, 0.3) is 0 Å². The van der Waals surface area contributed by atoms with E-state index in [1.54, 1.807) is 7.05 Å². The molecule has 3 N–H and O–H groups in total.